The molecule has 0 heterocycles. The van der Waals surface area contributed by atoms with Gasteiger partial charge in [0.25, 0.3) is 0 Å². The van der Waals surface area contributed by atoms with Crippen LogP contribution in [-0.4, -0.2) is 96.7 Å². The van der Waals surface area contributed by atoms with E-state index in [1.807, 2.05) is 0 Å². The van der Waals surface area contributed by atoms with Gasteiger partial charge < -0.3 is 33.8 Å². The zero-order valence-electron chi connectivity index (χ0n) is 68.5. The van der Waals surface area contributed by atoms with Gasteiger partial charge in [0, 0.05) is 25.7 Å². The number of esters is 4. The van der Waals surface area contributed by atoms with Crippen LogP contribution in [0.3, 0.4) is 0 Å². The number of aliphatic hydroxyl groups is 1. The van der Waals surface area contributed by atoms with Crippen LogP contribution in [0.2, 0.25) is 0 Å². The van der Waals surface area contributed by atoms with Crippen LogP contribution in [0.1, 0.15) is 447 Å². The summed E-state index contributed by atoms with van der Waals surface area (Å²) >= 11 is 0. The first kappa shape index (κ1) is 102. The fourth-order valence-electron chi connectivity index (χ4n) is 13.2. The van der Waals surface area contributed by atoms with Crippen molar-refractivity contribution in [1.82, 2.24) is 0 Å². The molecule has 0 saturated carbocycles. The van der Waals surface area contributed by atoms with E-state index in [0.29, 0.717) is 25.7 Å². The average Bonchev–Trinajstić information content (AvgIpc) is 0.909. The smallest absolute Gasteiger partial charge is 0.462 e. The van der Waals surface area contributed by atoms with Gasteiger partial charge in [-0.1, -0.05) is 395 Å². The second kappa shape index (κ2) is 75.1. The lowest BCUT2D eigenvalue weighted by molar-refractivity contribution is -0.161. The van der Waals surface area contributed by atoms with Crippen molar-refractivity contribution in [2.24, 2.45) is 17.8 Å². The highest BCUT2D eigenvalue weighted by Gasteiger charge is 2.30. The Morgan fingerprint density at radius 2 is 0.490 bits per heavy atom. The van der Waals surface area contributed by atoms with Gasteiger partial charge in [0.05, 0.1) is 26.4 Å². The standard InChI is InChI=1S/C85H166O17P2/c1-8-10-11-12-13-14-15-16-17-18-22-25-28-31-38-45-52-59-66-82(87)95-72-80(101-84(89)68-61-54-47-39-32-29-26-23-20-19-21-24-27-30-37-44-51-58-65-78(7)9-2)74-99-103(91,92)97-70-79(86)71-98-104(93,94)100-75-81(102-85(90)69-62-55-48-41-34-36-43-50-57-64-77(5)6)73-96-83(88)67-60-53-46-40-33-35-42-49-56-63-76(3)4/h76-81,86H,8-75H2,1-7H3,(H,91,92)(H,93,94)/t78?,79-,80-,81-/m1/s1. The fraction of sp³-hybridized carbons (Fsp3) is 0.953. The quantitative estimate of drug-likeness (QED) is 0.0222. The molecule has 17 nitrogen and oxygen atoms in total. The van der Waals surface area contributed by atoms with Gasteiger partial charge in [-0.2, -0.15) is 0 Å². The van der Waals surface area contributed by atoms with Crippen molar-refractivity contribution in [2.45, 2.75) is 465 Å². The zero-order chi connectivity index (χ0) is 76.5. The highest BCUT2D eigenvalue weighted by molar-refractivity contribution is 7.47. The second-order valence-electron chi connectivity index (χ2n) is 31.8. The molecule has 3 unspecified atom stereocenters. The maximum atomic E-state index is 13.1. The molecule has 0 aliphatic rings. The summed E-state index contributed by atoms with van der Waals surface area (Å²) < 4.78 is 68.8. The average molecular weight is 1520 g/mol. The Morgan fingerprint density at radius 3 is 0.731 bits per heavy atom. The molecule has 0 aromatic rings. The third-order valence-corrected chi connectivity index (χ3v) is 22.1. The molecule has 0 saturated heterocycles. The number of unbranched alkanes of at least 4 members (excludes halogenated alkanes) is 50. The highest BCUT2D eigenvalue weighted by Crippen LogP contribution is 2.45. The molecule has 0 rings (SSSR count). The fourth-order valence-corrected chi connectivity index (χ4v) is 14.7. The van der Waals surface area contributed by atoms with Crippen LogP contribution in [0.5, 0.6) is 0 Å². The minimum absolute atomic E-state index is 0.105. The number of hydrogen-bond donors (Lipinski definition) is 3. The van der Waals surface area contributed by atoms with Crippen LogP contribution < -0.4 is 0 Å². The maximum Gasteiger partial charge on any atom is 0.472 e. The van der Waals surface area contributed by atoms with Crippen LogP contribution in [0.25, 0.3) is 0 Å². The van der Waals surface area contributed by atoms with E-state index in [9.17, 15) is 43.2 Å². The number of hydrogen-bond acceptors (Lipinski definition) is 15. The summed E-state index contributed by atoms with van der Waals surface area (Å²) in [5.41, 5.74) is 0. The molecule has 19 heteroatoms. The van der Waals surface area contributed by atoms with Gasteiger partial charge in [-0.3, -0.25) is 37.3 Å². The second-order valence-corrected chi connectivity index (χ2v) is 34.7. The number of carbonyl (C=O) groups is 4. The Hall–Kier alpha value is -1.94. The minimum atomic E-state index is -4.97. The molecule has 0 radical (unpaired) electrons. The largest absolute Gasteiger partial charge is 0.472 e. The van der Waals surface area contributed by atoms with E-state index in [1.54, 1.807) is 0 Å². The number of phosphoric acid groups is 2. The van der Waals surface area contributed by atoms with Gasteiger partial charge in [-0.15, -0.1) is 0 Å². The van der Waals surface area contributed by atoms with Crippen molar-refractivity contribution in [3.63, 3.8) is 0 Å². The number of phosphoric ester groups is 2. The lowest BCUT2D eigenvalue weighted by atomic mass is 9.99. The first-order valence-corrected chi connectivity index (χ1v) is 46.9. The molecule has 0 fully saturated rings. The SMILES string of the molecule is CCCCCCCCCCCCCCCCCCCCC(=O)OC[C@H](COP(=O)(O)OC[C@@H](O)COP(=O)(O)OC[C@@H](COC(=O)CCCCCCCCCCCC(C)C)OC(=O)CCCCCCCCCCCC(C)C)OC(=O)CCCCCCCCCCCCCCCCCCCCC(C)CC. The maximum absolute atomic E-state index is 13.1. The molecule has 0 aliphatic heterocycles. The van der Waals surface area contributed by atoms with Crippen molar-refractivity contribution in [3.8, 4) is 0 Å². The molecular weight excluding hydrogens is 1350 g/mol. The Bertz CT molecular complexity index is 2010. The molecule has 0 spiro atoms. The molecule has 0 aromatic heterocycles. The van der Waals surface area contributed by atoms with E-state index < -0.39 is 97.5 Å². The Kier molecular flexibility index (Phi) is 73.7. The predicted octanol–water partition coefficient (Wildman–Crippen LogP) is 25.7. The number of ether oxygens (including phenoxy) is 4. The molecule has 618 valence electrons. The van der Waals surface area contributed by atoms with Crippen molar-refractivity contribution in [1.29, 1.82) is 0 Å². The van der Waals surface area contributed by atoms with E-state index in [4.69, 9.17) is 37.0 Å². The Labute approximate surface area is 638 Å². The van der Waals surface area contributed by atoms with E-state index in [0.717, 1.165) is 108 Å². The van der Waals surface area contributed by atoms with E-state index >= 15 is 0 Å². The normalized spacial score (nSPS) is 14.2. The van der Waals surface area contributed by atoms with Gasteiger partial charge in [0.1, 0.15) is 19.3 Å². The predicted molar refractivity (Wildman–Crippen MR) is 428 cm³/mol. The highest BCUT2D eigenvalue weighted by atomic mass is 31.2. The third-order valence-electron chi connectivity index (χ3n) is 20.2. The molecule has 3 N–H and O–H groups in total. The molecule has 0 bridgehead atoms. The third kappa shape index (κ3) is 76.8. The van der Waals surface area contributed by atoms with Gasteiger partial charge >= 0.3 is 39.5 Å². The number of carbonyl (C=O) groups excluding carboxylic acids is 4. The zero-order valence-corrected chi connectivity index (χ0v) is 70.3. The van der Waals surface area contributed by atoms with Crippen molar-refractivity contribution in [3.05, 3.63) is 0 Å². The van der Waals surface area contributed by atoms with Crippen LogP contribution in [0.15, 0.2) is 0 Å². The van der Waals surface area contributed by atoms with Gasteiger partial charge in [-0.05, 0) is 43.4 Å². The summed E-state index contributed by atoms with van der Waals surface area (Å²) in [4.78, 5) is 73.2. The summed E-state index contributed by atoms with van der Waals surface area (Å²) in [5, 5.41) is 10.7. The molecule has 104 heavy (non-hydrogen) atoms. The topological polar surface area (TPSA) is 237 Å². The van der Waals surface area contributed by atoms with Crippen LogP contribution in [0.4, 0.5) is 0 Å². The summed E-state index contributed by atoms with van der Waals surface area (Å²) in [6, 6.07) is 0. The first-order chi connectivity index (χ1) is 50.3. The molecule has 6 atom stereocenters. The summed E-state index contributed by atoms with van der Waals surface area (Å²) in [6.45, 7) is 12.0. The Morgan fingerprint density at radius 1 is 0.279 bits per heavy atom. The van der Waals surface area contributed by atoms with Gasteiger partial charge in [0.15, 0.2) is 12.2 Å². The monoisotopic (exact) mass is 1520 g/mol. The van der Waals surface area contributed by atoms with E-state index in [-0.39, 0.29) is 25.7 Å². The molecule has 0 amide bonds. The van der Waals surface area contributed by atoms with Gasteiger partial charge in [0.2, 0.25) is 0 Å². The van der Waals surface area contributed by atoms with Crippen molar-refractivity contribution < 1.29 is 80.2 Å². The van der Waals surface area contributed by atoms with Crippen molar-refractivity contribution >= 4 is 39.5 Å². The van der Waals surface area contributed by atoms with Crippen LogP contribution in [-0.2, 0) is 65.4 Å². The Balaban J connectivity index is 5.23. The first-order valence-electron chi connectivity index (χ1n) is 43.9. The molecule has 0 aliphatic carbocycles. The van der Waals surface area contributed by atoms with Crippen LogP contribution >= 0.6 is 15.6 Å². The van der Waals surface area contributed by atoms with Crippen molar-refractivity contribution in [2.75, 3.05) is 39.6 Å². The molecule has 0 aromatic carbocycles. The number of rotatable bonds is 83. The summed E-state index contributed by atoms with van der Waals surface area (Å²) in [6.07, 6.45) is 65.3. The molecular formula is C85H166O17P2. The lowest BCUT2D eigenvalue weighted by Crippen LogP contribution is -2.30. The lowest BCUT2D eigenvalue weighted by Gasteiger charge is -2.21. The van der Waals surface area contributed by atoms with E-state index in [1.165, 1.54) is 257 Å². The number of aliphatic hydroxyl groups excluding tert-OH is 1. The van der Waals surface area contributed by atoms with Gasteiger partial charge in [-0.25, -0.2) is 9.13 Å². The summed E-state index contributed by atoms with van der Waals surface area (Å²) in [7, 11) is -9.93. The van der Waals surface area contributed by atoms with Crippen LogP contribution in [0, 0.1) is 17.8 Å². The summed E-state index contributed by atoms with van der Waals surface area (Å²) in [5.74, 6) is 0.244. The van der Waals surface area contributed by atoms with E-state index in [2.05, 4.69) is 48.5 Å². The minimum Gasteiger partial charge on any atom is -0.462 e.